The van der Waals surface area contributed by atoms with Crippen LogP contribution in [0, 0.1) is 5.82 Å². The van der Waals surface area contributed by atoms with Gasteiger partial charge < -0.3 is 4.74 Å². The summed E-state index contributed by atoms with van der Waals surface area (Å²) in [7, 11) is 0. The molecule has 0 amide bonds. The van der Waals surface area contributed by atoms with Crippen molar-refractivity contribution in [3.63, 3.8) is 0 Å². The van der Waals surface area contributed by atoms with Crippen LogP contribution in [0.2, 0.25) is 0 Å². The van der Waals surface area contributed by atoms with E-state index in [2.05, 4.69) is 15.9 Å². The van der Waals surface area contributed by atoms with Gasteiger partial charge in [-0.15, -0.1) is 0 Å². The predicted molar refractivity (Wildman–Crippen MR) is 83.0 cm³/mol. The van der Waals surface area contributed by atoms with Crippen molar-refractivity contribution in [3.05, 3.63) is 76.5 Å². The van der Waals surface area contributed by atoms with E-state index in [9.17, 15) is 9.18 Å². The molecule has 0 N–H and O–H groups in total. The van der Waals surface area contributed by atoms with Crippen LogP contribution < -0.4 is 4.74 Å². The van der Waals surface area contributed by atoms with Gasteiger partial charge in [-0.05, 0) is 47.2 Å². The van der Waals surface area contributed by atoms with Crippen molar-refractivity contribution < 1.29 is 13.9 Å². The number of carbonyl (C=O) groups excluding carboxylic acids is 1. The summed E-state index contributed by atoms with van der Waals surface area (Å²) in [5.74, 6) is -0.908. The average molecular weight is 345 g/mol. The number of halogens is 2. The Labute approximate surface area is 129 Å². The van der Waals surface area contributed by atoms with Crippen LogP contribution >= 0.6 is 15.9 Å². The summed E-state index contributed by atoms with van der Waals surface area (Å²) in [4.78, 5) is 12.0. The zero-order valence-corrected chi connectivity index (χ0v) is 12.4. The number of fused-ring (bicyclic) bond motifs is 1. The monoisotopic (exact) mass is 344 g/mol. The highest BCUT2D eigenvalue weighted by molar-refractivity contribution is 9.10. The normalized spacial score (nSPS) is 10.6. The van der Waals surface area contributed by atoms with Crippen molar-refractivity contribution in [1.29, 1.82) is 0 Å². The number of hydrogen-bond donors (Lipinski definition) is 0. The van der Waals surface area contributed by atoms with Gasteiger partial charge in [-0.2, -0.15) is 0 Å². The molecular weight excluding hydrogens is 335 g/mol. The largest absolute Gasteiger partial charge is 0.423 e. The molecule has 21 heavy (non-hydrogen) atoms. The van der Waals surface area contributed by atoms with E-state index >= 15 is 0 Å². The highest BCUT2D eigenvalue weighted by Gasteiger charge is 2.13. The lowest BCUT2D eigenvalue weighted by Crippen LogP contribution is -2.10. The molecule has 4 heteroatoms. The van der Waals surface area contributed by atoms with Gasteiger partial charge in [0.2, 0.25) is 0 Å². The zero-order chi connectivity index (χ0) is 14.8. The van der Waals surface area contributed by atoms with E-state index in [0.717, 1.165) is 15.2 Å². The first-order valence-electron chi connectivity index (χ1n) is 6.29. The number of hydrogen-bond acceptors (Lipinski definition) is 2. The summed E-state index contributed by atoms with van der Waals surface area (Å²) in [6.07, 6.45) is 0. The fourth-order valence-corrected chi connectivity index (χ4v) is 2.43. The molecule has 0 aliphatic heterocycles. The number of ether oxygens (including phenoxy) is 1. The Morgan fingerprint density at radius 1 is 0.952 bits per heavy atom. The number of carbonyl (C=O) groups is 1. The highest BCUT2D eigenvalue weighted by Crippen LogP contribution is 2.24. The summed E-state index contributed by atoms with van der Waals surface area (Å²) < 4.78 is 19.7. The summed E-state index contributed by atoms with van der Waals surface area (Å²) in [6.45, 7) is 0. The SMILES string of the molecule is O=C(Oc1ccc2cc(Br)ccc2c1)c1ccccc1F. The van der Waals surface area contributed by atoms with Crippen LogP contribution in [-0.4, -0.2) is 5.97 Å². The molecule has 0 fully saturated rings. The molecular formula is C17H10BrFO2. The first-order valence-corrected chi connectivity index (χ1v) is 7.09. The van der Waals surface area contributed by atoms with Gasteiger partial charge in [0, 0.05) is 4.47 Å². The Balaban J connectivity index is 1.90. The first kappa shape index (κ1) is 13.8. The fraction of sp³-hybridized carbons (Fsp3) is 0. The highest BCUT2D eigenvalue weighted by atomic mass is 79.9. The summed E-state index contributed by atoms with van der Waals surface area (Å²) in [5.41, 5.74) is -0.0756. The van der Waals surface area contributed by atoms with Crippen molar-refractivity contribution in [2.24, 2.45) is 0 Å². The molecule has 0 bridgehead atoms. The van der Waals surface area contributed by atoms with Crippen LogP contribution in [0.4, 0.5) is 4.39 Å². The van der Waals surface area contributed by atoms with E-state index in [1.165, 1.54) is 18.2 Å². The minimum absolute atomic E-state index is 0.0756. The van der Waals surface area contributed by atoms with Crippen molar-refractivity contribution in [3.8, 4) is 5.75 Å². The van der Waals surface area contributed by atoms with Crippen molar-refractivity contribution in [2.45, 2.75) is 0 Å². The van der Waals surface area contributed by atoms with Crippen LogP contribution in [0.5, 0.6) is 5.75 Å². The van der Waals surface area contributed by atoms with E-state index in [1.807, 2.05) is 24.3 Å². The fourth-order valence-electron chi connectivity index (χ4n) is 2.05. The topological polar surface area (TPSA) is 26.3 Å². The number of benzene rings is 3. The van der Waals surface area contributed by atoms with Gasteiger partial charge in [-0.3, -0.25) is 0 Å². The number of esters is 1. The molecule has 3 aromatic rings. The Morgan fingerprint density at radius 2 is 1.67 bits per heavy atom. The maximum atomic E-state index is 13.5. The molecule has 2 nitrogen and oxygen atoms in total. The van der Waals surface area contributed by atoms with Crippen LogP contribution in [0.1, 0.15) is 10.4 Å². The first-order chi connectivity index (χ1) is 10.1. The second-order valence-corrected chi connectivity index (χ2v) is 5.44. The third-order valence-electron chi connectivity index (χ3n) is 3.08. The Bertz CT molecular complexity index is 830. The van der Waals surface area contributed by atoms with Gasteiger partial charge in [0.25, 0.3) is 0 Å². The average Bonchev–Trinajstić information content (AvgIpc) is 2.48. The quantitative estimate of drug-likeness (QED) is 0.485. The van der Waals surface area contributed by atoms with Crippen molar-refractivity contribution >= 4 is 32.7 Å². The van der Waals surface area contributed by atoms with Gasteiger partial charge in [0.15, 0.2) is 0 Å². The smallest absolute Gasteiger partial charge is 0.346 e. The van der Waals surface area contributed by atoms with Crippen LogP contribution in [0.3, 0.4) is 0 Å². The molecule has 0 aromatic heterocycles. The van der Waals surface area contributed by atoms with E-state index in [0.29, 0.717) is 5.75 Å². The molecule has 0 saturated heterocycles. The van der Waals surface area contributed by atoms with Gasteiger partial charge in [-0.25, -0.2) is 9.18 Å². The molecule has 0 radical (unpaired) electrons. The maximum Gasteiger partial charge on any atom is 0.346 e. The molecule has 104 valence electrons. The lowest BCUT2D eigenvalue weighted by atomic mass is 10.1. The summed E-state index contributed by atoms with van der Waals surface area (Å²) in [6, 6.07) is 16.8. The van der Waals surface area contributed by atoms with Crippen molar-refractivity contribution in [1.82, 2.24) is 0 Å². The molecule has 0 unspecified atom stereocenters. The Kier molecular flexibility index (Phi) is 3.71. The predicted octanol–water partition coefficient (Wildman–Crippen LogP) is 4.96. The van der Waals surface area contributed by atoms with Crippen LogP contribution in [0.15, 0.2) is 65.1 Å². The van der Waals surface area contributed by atoms with Crippen molar-refractivity contribution in [2.75, 3.05) is 0 Å². The van der Waals surface area contributed by atoms with E-state index in [-0.39, 0.29) is 5.56 Å². The van der Waals surface area contributed by atoms with E-state index in [4.69, 9.17) is 4.74 Å². The zero-order valence-electron chi connectivity index (χ0n) is 10.8. The summed E-state index contributed by atoms with van der Waals surface area (Å²) in [5, 5.41) is 1.96. The lowest BCUT2D eigenvalue weighted by Gasteiger charge is -2.06. The van der Waals surface area contributed by atoms with E-state index < -0.39 is 11.8 Å². The third-order valence-corrected chi connectivity index (χ3v) is 3.57. The van der Waals surface area contributed by atoms with Gasteiger partial charge in [-0.1, -0.05) is 40.2 Å². The molecule has 0 heterocycles. The van der Waals surface area contributed by atoms with Gasteiger partial charge in [0.05, 0.1) is 5.56 Å². The Morgan fingerprint density at radius 3 is 2.48 bits per heavy atom. The van der Waals surface area contributed by atoms with E-state index in [1.54, 1.807) is 18.2 Å². The minimum Gasteiger partial charge on any atom is -0.423 e. The molecule has 3 aromatic carbocycles. The molecule has 3 rings (SSSR count). The summed E-state index contributed by atoms with van der Waals surface area (Å²) >= 11 is 3.40. The third kappa shape index (κ3) is 2.95. The van der Waals surface area contributed by atoms with Crippen LogP contribution in [0.25, 0.3) is 10.8 Å². The minimum atomic E-state index is -0.704. The maximum absolute atomic E-state index is 13.5. The van der Waals surface area contributed by atoms with Crippen LogP contribution in [-0.2, 0) is 0 Å². The second kappa shape index (κ2) is 5.66. The molecule has 0 aliphatic carbocycles. The molecule has 0 spiro atoms. The van der Waals surface area contributed by atoms with Gasteiger partial charge in [0.1, 0.15) is 11.6 Å². The molecule has 0 aliphatic rings. The second-order valence-electron chi connectivity index (χ2n) is 4.52. The molecule has 0 atom stereocenters. The standard InChI is InChI=1S/C17H10BrFO2/c18-13-7-5-12-10-14(8-6-11(12)9-13)21-17(20)15-3-1-2-4-16(15)19/h1-10H. The molecule has 0 saturated carbocycles. The number of rotatable bonds is 2. The van der Waals surface area contributed by atoms with Gasteiger partial charge >= 0.3 is 5.97 Å². The lowest BCUT2D eigenvalue weighted by molar-refractivity contribution is 0.0730. The Hall–Kier alpha value is -2.20.